The summed E-state index contributed by atoms with van der Waals surface area (Å²) in [5.74, 6) is -0.0700. The Morgan fingerprint density at radius 2 is 2.44 bits per heavy atom. The lowest BCUT2D eigenvalue weighted by atomic mass is 10.4. The van der Waals surface area contributed by atoms with Crippen LogP contribution in [0.2, 0.25) is 0 Å². The number of nitrogens with zero attached hydrogens (tertiary/aromatic N) is 1. The van der Waals surface area contributed by atoms with Crippen LogP contribution in [-0.4, -0.2) is 23.4 Å². The summed E-state index contributed by atoms with van der Waals surface area (Å²) in [4.78, 5) is 14.4. The summed E-state index contributed by atoms with van der Waals surface area (Å²) in [6, 6.07) is -0.118. The third-order valence-electron chi connectivity index (χ3n) is 1.12. The Labute approximate surface area is 57.9 Å². The Kier molecular flexibility index (Phi) is 1.75. The summed E-state index contributed by atoms with van der Waals surface area (Å²) in [6.45, 7) is 1.80. The fourth-order valence-electron chi connectivity index (χ4n) is 0.581. The van der Waals surface area contributed by atoms with Crippen molar-refractivity contribution in [2.75, 3.05) is 6.26 Å². The molecule has 0 saturated carbocycles. The molecule has 0 radical (unpaired) electrons. The first-order chi connectivity index (χ1) is 4.24. The number of carbonyl (C=O) groups excluding carboxylic acids is 1. The maximum Gasteiger partial charge on any atom is 0.270 e. The minimum absolute atomic E-state index is 0.0700. The van der Waals surface area contributed by atoms with Crippen LogP contribution in [0.3, 0.4) is 0 Å². The number of rotatable bonds is 0. The molecule has 1 rings (SSSR count). The van der Waals surface area contributed by atoms with Crippen LogP contribution in [0, 0.1) is 0 Å². The monoisotopic (exact) mass is 144 g/mol. The van der Waals surface area contributed by atoms with Crippen LogP contribution in [0.1, 0.15) is 6.92 Å². The SMILES string of the molecule is CSC1=NC(=O)C(C)N1. The Morgan fingerprint density at radius 1 is 1.78 bits per heavy atom. The molecule has 9 heavy (non-hydrogen) atoms. The van der Waals surface area contributed by atoms with Crippen LogP contribution in [0.15, 0.2) is 4.99 Å². The van der Waals surface area contributed by atoms with Crippen molar-refractivity contribution in [2.45, 2.75) is 13.0 Å². The molecule has 1 atom stereocenters. The van der Waals surface area contributed by atoms with E-state index in [9.17, 15) is 4.79 Å². The minimum Gasteiger partial charge on any atom is -0.353 e. The molecule has 1 amide bonds. The lowest BCUT2D eigenvalue weighted by molar-refractivity contribution is -0.118. The number of carbonyl (C=O) groups is 1. The number of amidine groups is 1. The van der Waals surface area contributed by atoms with Gasteiger partial charge in [0.25, 0.3) is 5.91 Å². The van der Waals surface area contributed by atoms with Crippen LogP contribution in [-0.2, 0) is 4.79 Å². The lowest BCUT2D eigenvalue weighted by Gasteiger charge is -1.99. The van der Waals surface area contributed by atoms with E-state index in [4.69, 9.17) is 0 Å². The highest BCUT2D eigenvalue weighted by molar-refractivity contribution is 8.13. The van der Waals surface area contributed by atoms with Gasteiger partial charge in [-0.2, -0.15) is 4.99 Å². The van der Waals surface area contributed by atoms with Crippen molar-refractivity contribution in [3.05, 3.63) is 0 Å². The summed E-state index contributed by atoms with van der Waals surface area (Å²) < 4.78 is 0. The molecular weight excluding hydrogens is 136 g/mol. The van der Waals surface area contributed by atoms with Crippen molar-refractivity contribution in [1.82, 2.24) is 5.32 Å². The zero-order valence-corrected chi connectivity index (χ0v) is 6.16. The van der Waals surface area contributed by atoms with Crippen LogP contribution >= 0.6 is 11.8 Å². The molecule has 50 valence electrons. The maximum atomic E-state index is 10.7. The second-order valence-corrected chi connectivity index (χ2v) is 2.62. The molecule has 1 N–H and O–H groups in total. The van der Waals surface area contributed by atoms with E-state index in [1.807, 2.05) is 6.26 Å². The van der Waals surface area contributed by atoms with Gasteiger partial charge in [-0.25, -0.2) is 0 Å². The molecule has 0 aromatic heterocycles. The van der Waals surface area contributed by atoms with Gasteiger partial charge in [-0.05, 0) is 13.2 Å². The first-order valence-electron chi connectivity index (χ1n) is 2.67. The Balaban J connectivity index is 2.62. The van der Waals surface area contributed by atoms with Gasteiger partial charge in [-0.1, -0.05) is 11.8 Å². The van der Waals surface area contributed by atoms with Crippen molar-refractivity contribution in [2.24, 2.45) is 4.99 Å². The van der Waals surface area contributed by atoms with Crippen molar-refractivity contribution in [1.29, 1.82) is 0 Å². The molecule has 0 aromatic carbocycles. The number of amides is 1. The second-order valence-electron chi connectivity index (χ2n) is 1.83. The molecule has 1 unspecified atom stereocenters. The van der Waals surface area contributed by atoms with Crippen molar-refractivity contribution >= 4 is 22.8 Å². The van der Waals surface area contributed by atoms with Gasteiger partial charge in [0.15, 0.2) is 5.17 Å². The van der Waals surface area contributed by atoms with E-state index in [1.165, 1.54) is 11.8 Å². The highest BCUT2D eigenvalue weighted by atomic mass is 32.2. The number of aliphatic imine (C=N–C) groups is 1. The largest absolute Gasteiger partial charge is 0.353 e. The molecule has 3 nitrogen and oxygen atoms in total. The Hall–Kier alpha value is -0.510. The summed E-state index contributed by atoms with van der Waals surface area (Å²) in [5.41, 5.74) is 0. The number of hydrogen-bond donors (Lipinski definition) is 1. The van der Waals surface area contributed by atoms with E-state index in [2.05, 4.69) is 10.3 Å². The molecule has 4 heteroatoms. The maximum absolute atomic E-state index is 10.7. The molecular formula is C5H8N2OS. The molecule has 0 fully saturated rings. The van der Waals surface area contributed by atoms with E-state index in [-0.39, 0.29) is 11.9 Å². The molecule has 0 bridgehead atoms. The average molecular weight is 144 g/mol. The number of hydrogen-bond acceptors (Lipinski definition) is 3. The summed E-state index contributed by atoms with van der Waals surface area (Å²) in [7, 11) is 0. The highest BCUT2D eigenvalue weighted by Crippen LogP contribution is 2.04. The van der Waals surface area contributed by atoms with E-state index < -0.39 is 0 Å². The molecule has 0 saturated heterocycles. The zero-order valence-electron chi connectivity index (χ0n) is 5.34. The van der Waals surface area contributed by atoms with Crippen LogP contribution in [0.5, 0.6) is 0 Å². The van der Waals surface area contributed by atoms with Crippen molar-refractivity contribution in [3.63, 3.8) is 0 Å². The van der Waals surface area contributed by atoms with Crippen LogP contribution < -0.4 is 5.32 Å². The van der Waals surface area contributed by atoms with Gasteiger partial charge >= 0.3 is 0 Å². The van der Waals surface area contributed by atoms with E-state index in [1.54, 1.807) is 6.92 Å². The third kappa shape index (κ3) is 1.24. The topological polar surface area (TPSA) is 41.5 Å². The van der Waals surface area contributed by atoms with Gasteiger partial charge in [-0.15, -0.1) is 0 Å². The zero-order chi connectivity index (χ0) is 6.85. The number of nitrogens with one attached hydrogen (secondary N) is 1. The second kappa shape index (κ2) is 2.39. The molecule has 0 spiro atoms. The molecule has 1 aliphatic heterocycles. The Morgan fingerprint density at radius 3 is 2.67 bits per heavy atom. The fraction of sp³-hybridized carbons (Fsp3) is 0.600. The van der Waals surface area contributed by atoms with Crippen molar-refractivity contribution < 1.29 is 4.79 Å². The fourth-order valence-corrected chi connectivity index (χ4v) is 1.06. The summed E-state index contributed by atoms with van der Waals surface area (Å²) >= 11 is 1.46. The molecule has 1 aliphatic rings. The van der Waals surface area contributed by atoms with Gasteiger partial charge in [-0.3, -0.25) is 4.79 Å². The van der Waals surface area contributed by atoms with Gasteiger partial charge in [0.1, 0.15) is 6.04 Å². The highest BCUT2D eigenvalue weighted by Gasteiger charge is 2.20. The number of thioether (sulfide) groups is 1. The smallest absolute Gasteiger partial charge is 0.270 e. The normalized spacial score (nSPS) is 25.8. The predicted molar refractivity (Wildman–Crippen MR) is 38.6 cm³/mol. The first-order valence-corrected chi connectivity index (χ1v) is 3.89. The lowest BCUT2D eigenvalue weighted by Crippen LogP contribution is -2.27. The van der Waals surface area contributed by atoms with Gasteiger partial charge in [0.05, 0.1) is 0 Å². The van der Waals surface area contributed by atoms with Gasteiger partial charge in [0, 0.05) is 0 Å². The quantitative estimate of drug-likeness (QED) is 0.529. The standard InChI is InChI=1S/C5H8N2OS/c1-3-4(8)7-5(6-3)9-2/h3H,1-2H3,(H,6,7,8). The van der Waals surface area contributed by atoms with Crippen LogP contribution in [0.4, 0.5) is 0 Å². The summed E-state index contributed by atoms with van der Waals surface area (Å²) in [5, 5.41) is 3.65. The van der Waals surface area contributed by atoms with E-state index in [0.29, 0.717) is 0 Å². The van der Waals surface area contributed by atoms with E-state index in [0.717, 1.165) is 5.17 Å². The van der Waals surface area contributed by atoms with E-state index >= 15 is 0 Å². The Bertz CT molecular complexity index is 166. The predicted octanol–water partition coefficient (Wildman–Crippen LogP) is 0.224. The third-order valence-corrected chi connectivity index (χ3v) is 1.71. The molecule has 0 aromatic rings. The molecule has 0 aliphatic carbocycles. The summed E-state index contributed by atoms with van der Waals surface area (Å²) in [6.07, 6.45) is 1.89. The van der Waals surface area contributed by atoms with Gasteiger partial charge in [0.2, 0.25) is 0 Å². The average Bonchev–Trinajstić information content (AvgIpc) is 2.13. The van der Waals surface area contributed by atoms with Crippen molar-refractivity contribution in [3.8, 4) is 0 Å². The van der Waals surface area contributed by atoms with Crippen LogP contribution in [0.25, 0.3) is 0 Å². The molecule has 1 heterocycles. The minimum atomic E-state index is -0.118. The first kappa shape index (κ1) is 6.61. The van der Waals surface area contributed by atoms with Gasteiger partial charge < -0.3 is 5.32 Å².